The molecule has 1 unspecified atom stereocenters. The fraction of sp³-hybridized carbons (Fsp3) is 0.615. The first-order valence-corrected chi connectivity index (χ1v) is 7.25. The number of hydrogen-bond donors (Lipinski definition) is 5. The van der Waals surface area contributed by atoms with E-state index in [1.807, 2.05) is 0 Å². The summed E-state index contributed by atoms with van der Waals surface area (Å²) in [7, 11) is 0. The molecule has 3 heterocycles. The quantitative estimate of drug-likeness (QED) is 0.431. The van der Waals surface area contributed by atoms with Crippen molar-refractivity contribution >= 4 is 17.0 Å². The van der Waals surface area contributed by atoms with E-state index >= 15 is 0 Å². The number of hydrogen-bond acceptors (Lipinski definition) is 9. The number of anilines is 1. The van der Waals surface area contributed by atoms with Crippen molar-refractivity contribution in [3.8, 4) is 0 Å². The maximum atomic E-state index is 10.1. The van der Waals surface area contributed by atoms with Crippen molar-refractivity contribution < 1.29 is 25.2 Å². The normalized spacial score (nSPS) is 29.1. The summed E-state index contributed by atoms with van der Waals surface area (Å²) < 4.78 is 6.96. The summed E-state index contributed by atoms with van der Waals surface area (Å²) in [6.07, 6.45) is -2.00. The van der Waals surface area contributed by atoms with Gasteiger partial charge >= 0.3 is 0 Å². The van der Waals surface area contributed by atoms with E-state index in [0.717, 1.165) is 0 Å². The van der Waals surface area contributed by atoms with Crippen molar-refractivity contribution in [2.45, 2.75) is 37.6 Å². The molecule has 1 fully saturated rings. The summed E-state index contributed by atoms with van der Waals surface area (Å²) >= 11 is 0. The van der Waals surface area contributed by atoms with E-state index in [-0.39, 0.29) is 0 Å². The first kappa shape index (κ1) is 16.0. The lowest BCUT2D eigenvalue weighted by Crippen LogP contribution is -2.33. The molecule has 0 spiro atoms. The number of imidazole rings is 1. The number of ether oxygens (including phenoxy) is 1. The van der Waals surface area contributed by atoms with Gasteiger partial charge < -0.3 is 30.5 Å². The molecule has 5 atom stereocenters. The van der Waals surface area contributed by atoms with Gasteiger partial charge in [0.2, 0.25) is 0 Å². The first-order valence-electron chi connectivity index (χ1n) is 7.25. The van der Waals surface area contributed by atoms with Crippen LogP contribution in [0.3, 0.4) is 0 Å². The van der Waals surface area contributed by atoms with Crippen LogP contribution in [0.15, 0.2) is 12.7 Å². The highest BCUT2D eigenvalue weighted by molar-refractivity contribution is 5.82. The molecule has 0 aromatic carbocycles. The van der Waals surface area contributed by atoms with E-state index in [1.165, 1.54) is 17.2 Å². The van der Waals surface area contributed by atoms with Gasteiger partial charge in [0.15, 0.2) is 23.2 Å². The second-order valence-electron chi connectivity index (χ2n) is 5.51. The Morgan fingerprint density at radius 1 is 1.30 bits per heavy atom. The lowest BCUT2D eigenvalue weighted by Gasteiger charge is -2.16. The van der Waals surface area contributed by atoms with Crippen LogP contribution in [0.1, 0.15) is 13.2 Å². The van der Waals surface area contributed by atoms with Gasteiger partial charge in [-0.25, -0.2) is 15.0 Å². The molecule has 2 aromatic heterocycles. The third kappa shape index (κ3) is 2.86. The molecular formula is C13H19N5O5. The second-order valence-corrected chi connectivity index (χ2v) is 5.51. The average Bonchev–Trinajstić information content (AvgIpc) is 3.08. The summed E-state index contributed by atoms with van der Waals surface area (Å²) in [6.45, 7) is 1.54. The molecule has 5 N–H and O–H groups in total. The van der Waals surface area contributed by atoms with Crippen LogP contribution in [0, 0.1) is 0 Å². The Hall–Kier alpha value is -1.85. The number of aliphatic hydroxyl groups is 4. The topological polar surface area (TPSA) is 146 Å². The molecule has 0 bridgehead atoms. The van der Waals surface area contributed by atoms with Crippen LogP contribution in [0.4, 0.5) is 5.82 Å². The number of nitrogens with one attached hydrogen (secondary N) is 1. The van der Waals surface area contributed by atoms with Crippen LogP contribution in [0.5, 0.6) is 0 Å². The highest BCUT2D eigenvalue weighted by Gasteiger charge is 2.44. The fourth-order valence-electron chi connectivity index (χ4n) is 2.52. The molecule has 1 aliphatic rings. The second kappa shape index (κ2) is 6.34. The van der Waals surface area contributed by atoms with Crippen molar-refractivity contribution in [2.75, 3.05) is 18.5 Å². The third-order valence-corrected chi connectivity index (χ3v) is 3.71. The van der Waals surface area contributed by atoms with Crippen LogP contribution in [-0.4, -0.2) is 77.5 Å². The highest BCUT2D eigenvalue weighted by atomic mass is 16.6. The SMILES string of the molecule is CC(O)CNc1ncnc2c1ncn2[C@@H]1O[C@H](CO)[C@@H](O)[C@H]1O. The Morgan fingerprint density at radius 2 is 2.09 bits per heavy atom. The van der Waals surface area contributed by atoms with Gasteiger partial charge in [-0.3, -0.25) is 4.57 Å². The van der Waals surface area contributed by atoms with Crippen LogP contribution in [-0.2, 0) is 4.74 Å². The van der Waals surface area contributed by atoms with Gasteiger partial charge in [0, 0.05) is 6.54 Å². The van der Waals surface area contributed by atoms with Crippen molar-refractivity contribution in [3.63, 3.8) is 0 Å². The smallest absolute Gasteiger partial charge is 0.167 e. The van der Waals surface area contributed by atoms with E-state index in [2.05, 4.69) is 20.3 Å². The van der Waals surface area contributed by atoms with Gasteiger partial charge in [0.1, 0.15) is 24.6 Å². The van der Waals surface area contributed by atoms with Gasteiger partial charge in [0.05, 0.1) is 19.0 Å². The number of nitrogens with zero attached hydrogens (tertiary/aromatic N) is 4. The fourth-order valence-corrected chi connectivity index (χ4v) is 2.52. The minimum atomic E-state index is -1.21. The molecule has 0 radical (unpaired) electrons. The molecule has 0 amide bonds. The van der Waals surface area contributed by atoms with Crippen LogP contribution >= 0.6 is 0 Å². The predicted octanol–water partition coefficient (Wildman–Crippen LogP) is -1.77. The molecule has 1 aliphatic heterocycles. The van der Waals surface area contributed by atoms with Gasteiger partial charge in [0.25, 0.3) is 0 Å². The van der Waals surface area contributed by atoms with E-state index < -0.39 is 37.3 Å². The zero-order valence-corrected chi connectivity index (χ0v) is 12.4. The molecule has 10 heteroatoms. The van der Waals surface area contributed by atoms with E-state index in [9.17, 15) is 15.3 Å². The van der Waals surface area contributed by atoms with Gasteiger partial charge in [-0.15, -0.1) is 0 Å². The molecule has 1 saturated heterocycles. The summed E-state index contributed by atoms with van der Waals surface area (Å²) in [6, 6.07) is 0. The monoisotopic (exact) mass is 325 g/mol. The Kier molecular flexibility index (Phi) is 4.41. The Labute approximate surface area is 131 Å². The zero-order valence-electron chi connectivity index (χ0n) is 12.4. The molecule has 0 aliphatic carbocycles. The molecule has 126 valence electrons. The number of aliphatic hydroxyl groups excluding tert-OH is 4. The Morgan fingerprint density at radius 3 is 2.74 bits per heavy atom. The molecule has 23 heavy (non-hydrogen) atoms. The highest BCUT2D eigenvalue weighted by Crippen LogP contribution is 2.31. The largest absolute Gasteiger partial charge is 0.394 e. The maximum Gasteiger partial charge on any atom is 0.167 e. The van der Waals surface area contributed by atoms with Gasteiger partial charge in [-0.05, 0) is 6.92 Å². The molecule has 3 rings (SSSR count). The summed E-state index contributed by atoms with van der Waals surface area (Å²) in [5, 5.41) is 41.4. The number of rotatable bonds is 5. The predicted molar refractivity (Wildman–Crippen MR) is 78.5 cm³/mol. The van der Waals surface area contributed by atoms with E-state index in [4.69, 9.17) is 9.84 Å². The summed E-state index contributed by atoms with van der Waals surface area (Å²) in [5.74, 6) is 0.446. The van der Waals surface area contributed by atoms with Crippen LogP contribution < -0.4 is 5.32 Å². The van der Waals surface area contributed by atoms with Crippen molar-refractivity contribution in [3.05, 3.63) is 12.7 Å². The van der Waals surface area contributed by atoms with Gasteiger partial charge in [-0.1, -0.05) is 0 Å². The van der Waals surface area contributed by atoms with Crippen molar-refractivity contribution in [1.82, 2.24) is 19.5 Å². The van der Waals surface area contributed by atoms with E-state index in [1.54, 1.807) is 6.92 Å². The van der Waals surface area contributed by atoms with Crippen LogP contribution in [0.25, 0.3) is 11.2 Å². The maximum absolute atomic E-state index is 10.1. The minimum Gasteiger partial charge on any atom is -0.394 e. The van der Waals surface area contributed by atoms with Gasteiger partial charge in [-0.2, -0.15) is 0 Å². The number of fused-ring (bicyclic) bond motifs is 1. The molecular weight excluding hydrogens is 306 g/mol. The third-order valence-electron chi connectivity index (χ3n) is 3.71. The van der Waals surface area contributed by atoms with Crippen molar-refractivity contribution in [2.24, 2.45) is 0 Å². The standard InChI is InChI=1S/C13H19N5O5/c1-6(20)2-14-11-8-12(16-4-15-11)18(5-17-8)13-10(22)9(21)7(3-19)23-13/h4-7,9-10,13,19-22H,2-3H2,1H3,(H,14,15,16)/t6?,7-,9-,10-,13-/m1/s1. The average molecular weight is 325 g/mol. The molecule has 2 aromatic rings. The Bertz CT molecular complexity index is 678. The first-order chi connectivity index (χ1) is 11.0. The summed E-state index contributed by atoms with van der Waals surface area (Å²) in [4.78, 5) is 12.4. The zero-order chi connectivity index (χ0) is 16.6. The lowest BCUT2D eigenvalue weighted by atomic mass is 10.1. The summed E-state index contributed by atoms with van der Waals surface area (Å²) in [5.41, 5.74) is 0.855. The van der Waals surface area contributed by atoms with E-state index in [0.29, 0.717) is 23.5 Å². The number of aromatic nitrogens is 4. The van der Waals surface area contributed by atoms with Crippen LogP contribution in [0.2, 0.25) is 0 Å². The lowest BCUT2D eigenvalue weighted by molar-refractivity contribution is -0.0511. The van der Waals surface area contributed by atoms with Crippen molar-refractivity contribution in [1.29, 1.82) is 0 Å². The molecule has 0 saturated carbocycles. The molecule has 10 nitrogen and oxygen atoms in total. The minimum absolute atomic E-state index is 0.298. The Balaban J connectivity index is 1.93.